The third-order valence-corrected chi connectivity index (χ3v) is 9.67. The van der Waals surface area contributed by atoms with Gasteiger partial charge in [0.25, 0.3) is 11.8 Å². The monoisotopic (exact) mass is 966 g/mol. The molecule has 5 rings (SSSR count). The highest BCUT2D eigenvalue weighted by Gasteiger charge is 2.53. The van der Waals surface area contributed by atoms with E-state index in [0.717, 1.165) is 17.2 Å². The molecular formula is C44H30BF15O7. The van der Waals surface area contributed by atoms with Gasteiger partial charge in [0.15, 0.2) is 69.8 Å². The van der Waals surface area contributed by atoms with Crippen LogP contribution < -0.4 is 10.0 Å². The van der Waals surface area contributed by atoms with E-state index in [2.05, 4.69) is 4.65 Å². The van der Waals surface area contributed by atoms with Gasteiger partial charge in [-0.05, 0) is 19.3 Å². The van der Waals surface area contributed by atoms with E-state index in [1.807, 2.05) is 36.4 Å². The molecule has 0 bridgehead atoms. The van der Waals surface area contributed by atoms with Gasteiger partial charge in [-0.2, -0.15) is 0 Å². The van der Waals surface area contributed by atoms with Crippen molar-refractivity contribution in [3.63, 3.8) is 0 Å². The minimum absolute atomic E-state index is 0.173. The molecule has 0 radical (unpaired) electrons. The standard InChI is InChI=1S/C26H12BF15O3.2C9H9O2/c28-11-8(12(29)18(35)23(40)17(11)34)26(6-4-2-1-3-5-7-45-27(43)44,9-13(30)19(36)24(41)20(37)14(9)31)10-15(32)21(38)25(42)22(39)16(10)33;2*10-6-9(7-11)8-4-2-1-3-5-8/h5,7H,1-4,6H2;2*1-5,9-10H,6H2/q-2;2*+1. The first-order valence-corrected chi connectivity index (χ1v) is 19.0. The van der Waals surface area contributed by atoms with Crippen molar-refractivity contribution < 1.29 is 100 Å². The van der Waals surface area contributed by atoms with Crippen LogP contribution in [0.25, 0.3) is 0 Å². The lowest BCUT2D eigenvalue weighted by Gasteiger charge is -2.37. The molecular weight excluding hydrogens is 936 g/mol. The molecule has 0 aliphatic heterocycles. The highest BCUT2D eigenvalue weighted by molar-refractivity contribution is 6.28. The topological polar surface area (TPSA) is 130 Å². The summed E-state index contributed by atoms with van der Waals surface area (Å²) in [5.41, 5.74) is -11.1. The first-order chi connectivity index (χ1) is 31.7. The Morgan fingerprint density at radius 2 is 0.791 bits per heavy atom. The number of aliphatic hydroxyl groups excluding tert-OH is 2. The van der Waals surface area contributed by atoms with Crippen molar-refractivity contribution in [2.24, 2.45) is 0 Å². The summed E-state index contributed by atoms with van der Waals surface area (Å²) in [5, 5.41) is 38.0. The normalized spacial score (nSPS) is 12.0. The maximum Gasteiger partial charge on any atom is 0.517 e. The van der Waals surface area contributed by atoms with Crippen LogP contribution in [0, 0.1) is 87.3 Å². The van der Waals surface area contributed by atoms with Crippen LogP contribution in [0.4, 0.5) is 65.9 Å². The number of aliphatic hydroxyl groups is 2. The average Bonchev–Trinajstić information content (AvgIpc) is 3.32. The molecule has 0 aliphatic rings. The molecule has 0 saturated carbocycles. The van der Waals surface area contributed by atoms with Gasteiger partial charge in [0.2, 0.25) is 17.5 Å². The van der Waals surface area contributed by atoms with Crippen molar-refractivity contribution in [2.75, 3.05) is 13.2 Å². The number of rotatable bonds is 17. The molecule has 2 N–H and O–H groups in total. The Bertz CT molecular complexity index is 2210. The smallest absolute Gasteiger partial charge is 0.517 e. The van der Waals surface area contributed by atoms with Crippen LogP contribution in [0.3, 0.4) is 0 Å². The third kappa shape index (κ3) is 12.2. The number of unbranched alkanes of at least 4 members (excludes halogenated alkanes) is 3. The van der Waals surface area contributed by atoms with Gasteiger partial charge in [-0.25, -0.2) is 65.9 Å². The number of hydrogen-bond donors (Lipinski definition) is 2. The fourth-order valence-electron chi connectivity index (χ4n) is 6.50. The zero-order chi connectivity index (χ0) is 50.3. The summed E-state index contributed by atoms with van der Waals surface area (Å²) in [6.07, 6.45) is 1.52. The molecule has 7 nitrogen and oxygen atoms in total. The fourth-order valence-corrected chi connectivity index (χ4v) is 6.50. The van der Waals surface area contributed by atoms with Crippen molar-refractivity contribution in [2.45, 2.75) is 49.4 Å². The molecule has 5 aromatic rings. The maximum absolute atomic E-state index is 15.3. The molecule has 23 heteroatoms. The number of allylic oxidation sites excluding steroid dienone is 1. The number of benzene rings is 5. The lowest BCUT2D eigenvalue weighted by atomic mass is 9.65. The Kier molecular flexibility index (Phi) is 20.5. The summed E-state index contributed by atoms with van der Waals surface area (Å²) in [5.74, 6) is -46.9. The largest absolute Gasteiger partial charge is 0.860 e. The molecule has 2 unspecified atom stereocenters. The first-order valence-electron chi connectivity index (χ1n) is 19.0. The molecule has 5 aromatic carbocycles. The average molecular weight is 966 g/mol. The van der Waals surface area contributed by atoms with E-state index in [1.54, 1.807) is 36.8 Å². The van der Waals surface area contributed by atoms with Gasteiger partial charge in [0, 0.05) is 37.4 Å². The third-order valence-electron chi connectivity index (χ3n) is 9.67. The van der Waals surface area contributed by atoms with E-state index in [9.17, 15) is 59.2 Å². The van der Waals surface area contributed by atoms with E-state index in [0.29, 0.717) is 6.26 Å². The summed E-state index contributed by atoms with van der Waals surface area (Å²) in [6.45, 7) is -0.346. The minimum atomic E-state index is -4.53. The van der Waals surface area contributed by atoms with Crippen molar-refractivity contribution in [1.29, 1.82) is 0 Å². The van der Waals surface area contributed by atoms with E-state index in [-0.39, 0.29) is 26.1 Å². The summed E-state index contributed by atoms with van der Waals surface area (Å²) < 4.78 is 224. The number of carbonyl (C=O) groups excluding carboxylic acids is 2. The SMILES string of the molecule is O=[C+]C(CO)c1ccccc1.O=[C+]C(CO)c1ccccc1.[O-]B([O-])OC=CCCCCCC(c1c(F)c(F)c(F)c(F)c1F)(c1c(F)c(F)c(F)c(F)c1F)c1c(F)c(F)c(F)c(F)c1F. The highest BCUT2D eigenvalue weighted by atomic mass is 19.2. The van der Waals surface area contributed by atoms with Crippen molar-refractivity contribution in [1.82, 2.24) is 0 Å². The summed E-state index contributed by atoms with van der Waals surface area (Å²) in [7, 11) is -2.74. The summed E-state index contributed by atoms with van der Waals surface area (Å²) >= 11 is 0. The Balaban J connectivity index is 0.000000436. The van der Waals surface area contributed by atoms with Crippen LogP contribution in [-0.4, -0.2) is 43.3 Å². The van der Waals surface area contributed by atoms with Crippen molar-refractivity contribution in [3.8, 4) is 0 Å². The molecule has 0 fully saturated rings. The van der Waals surface area contributed by atoms with Gasteiger partial charge in [-0.1, -0.05) is 79.6 Å². The van der Waals surface area contributed by atoms with Gasteiger partial charge in [0.05, 0.1) is 11.7 Å². The molecule has 0 saturated heterocycles. The molecule has 0 heterocycles. The second kappa shape index (κ2) is 25.0. The minimum Gasteiger partial charge on any atom is -0.860 e. The van der Waals surface area contributed by atoms with E-state index in [4.69, 9.17) is 10.2 Å². The Morgan fingerprint density at radius 3 is 1.06 bits per heavy atom. The van der Waals surface area contributed by atoms with Gasteiger partial charge >= 0.3 is 12.6 Å². The lowest BCUT2D eigenvalue weighted by Crippen LogP contribution is -2.46. The van der Waals surface area contributed by atoms with Crippen molar-refractivity contribution in [3.05, 3.63) is 188 Å². The quantitative estimate of drug-likeness (QED) is 0.0141. The maximum atomic E-state index is 15.3. The van der Waals surface area contributed by atoms with Crippen LogP contribution in [0.2, 0.25) is 0 Å². The van der Waals surface area contributed by atoms with E-state index < -0.39 is 148 Å². The molecule has 356 valence electrons. The van der Waals surface area contributed by atoms with Crippen molar-refractivity contribution >= 4 is 19.9 Å². The Hall–Kier alpha value is -6.35. The zero-order valence-electron chi connectivity index (χ0n) is 33.7. The molecule has 0 spiro atoms. The summed E-state index contributed by atoms with van der Waals surface area (Å²) in [6, 6.07) is 18.2. The lowest BCUT2D eigenvalue weighted by molar-refractivity contribution is -0.376. The Morgan fingerprint density at radius 1 is 0.493 bits per heavy atom. The molecule has 2 atom stereocenters. The molecule has 0 aromatic heterocycles. The van der Waals surface area contributed by atoms with E-state index in [1.165, 1.54) is 0 Å². The summed E-state index contributed by atoms with van der Waals surface area (Å²) in [4.78, 5) is 20.5. The number of halogens is 15. The second-order valence-electron chi connectivity index (χ2n) is 13.7. The number of hydrogen-bond acceptors (Lipinski definition) is 7. The zero-order valence-corrected chi connectivity index (χ0v) is 33.7. The molecule has 0 amide bonds. The fraction of sp³-hybridized carbons (Fsp3) is 0.227. The highest BCUT2D eigenvalue weighted by Crippen LogP contribution is 2.52. The second-order valence-corrected chi connectivity index (χ2v) is 13.7. The van der Waals surface area contributed by atoms with Crippen LogP contribution in [0.15, 0.2) is 73.0 Å². The predicted molar refractivity (Wildman–Crippen MR) is 202 cm³/mol. The molecule has 67 heavy (non-hydrogen) atoms. The van der Waals surface area contributed by atoms with Crippen LogP contribution in [0.1, 0.15) is 71.8 Å². The van der Waals surface area contributed by atoms with Gasteiger partial charge in [-0.3, -0.25) is 0 Å². The van der Waals surface area contributed by atoms with Gasteiger partial charge in [0.1, 0.15) is 20.5 Å². The Labute approximate surface area is 370 Å². The van der Waals surface area contributed by atoms with E-state index >= 15 is 26.3 Å². The van der Waals surface area contributed by atoms with Crippen LogP contribution in [-0.2, 0) is 19.7 Å². The first kappa shape index (κ1) is 55.0. The predicted octanol–water partition coefficient (Wildman–Crippen LogP) is 8.04. The van der Waals surface area contributed by atoms with Gasteiger partial charge < -0.3 is 24.9 Å². The van der Waals surface area contributed by atoms with Crippen LogP contribution >= 0.6 is 0 Å². The van der Waals surface area contributed by atoms with Gasteiger partial charge in [-0.15, -0.1) is 0 Å². The molecule has 0 aliphatic carbocycles. The van der Waals surface area contributed by atoms with Crippen LogP contribution in [0.5, 0.6) is 0 Å².